The third-order valence-electron chi connectivity index (χ3n) is 5.62. The Morgan fingerprint density at radius 3 is 2.66 bits per heavy atom. The summed E-state index contributed by atoms with van der Waals surface area (Å²) in [6.45, 7) is 7.62. The number of aromatic nitrogens is 1. The van der Waals surface area contributed by atoms with Gasteiger partial charge in [-0.15, -0.1) is 12.4 Å². The fraction of sp³-hybridized carbons (Fsp3) is 0.391. The van der Waals surface area contributed by atoms with Crippen LogP contribution in [0.4, 0.5) is 5.13 Å². The topological polar surface area (TPSA) is 64.1 Å². The van der Waals surface area contributed by atoms with Gasteiger partial charge in [-0.25, -0.2) is 4.98 Å². The van der Waals surface area contributed by atoms with Crippen molar-refractivity contribution in [3.63, 3.8) is 0 Å². The van der Waals surface area contributed by atoms with Crippen LogP contribution in [0, 0.1) is 6.92 Å². The number of amides is 1. The van der Waals surface area contributed by atoms with Gasteiger partial charge >= 0.3 is 0 Å². The summed E-state index contributed by atoms with van der Waals surface area (Å²) < 4.78 is 17.8. The Labute approximate surface area is 197 Å². The summed E-state index contributed by atoms with van der Waals surface area (Å²) >= 11 is 1.55. The van der Waals surface area contributed by atoms with Crippen molar-refractivity contribution in [2.24, 2.45) is 0 Å². The average molecular weight is 476 g/mol. The summed E-state index contributed by atoms with van der Waals surface area (Å²) in [5.74, 6) is 1.21. The minimum Gasteiger partial charge on any atom is -0.486 e. The molecule has 0 unspecified atom stereocenters. The number of ether oxygens (including phenoxy) is 3. The maximum absolute atomic E-state index is 13.6. The molecule has 2 aromatic carbocycles. The predicted octanol–water partition coefficient (Wildman–Crippen LogP) is 3.78. The Bertz CT molecular complexity index is 1100. The van der Waals surface area contributed by atoms with Crippen molar-refractivity contribution in [3.8, 4) is 11.5 Å². The Kier molecular flexibility index (Phi) is 7.15. The number of morpholine rings is 1. The van der Waals surface area contributed by atoms with E-state index in [1.165, 1.54) is 0 Å². The molecule has 170 valence electrons. The lowest BCUT2D eigenvalue weighted by molar-refractivity contribution is 0.0391. The van der Waals surface area contributed by atoms with Gasteiger partial charge in [0.1, 0.15) is 13.2 Å². The Morgan fingerprint density at radius 1 is 1.09 bits per heavy atom. The standard InChI is InChI=1S/C23H25N3O4S.ClH/c1-16-3-2-4-20-21(16)24-23(31-20)26(8-7-25-9-11-28-12-10-25)22(27)17-5-6-18-19(15-17)30-14-13-29-18;/h2-6,15H,7-14H2,1H3;1H. The van der Waals surface area contributed by atoms with E-state index in [9.17, 15) is 4.79 Å². The second kappa shape index (κ2) is 10.0. The SMILES string of the molecule is Cc1cccc2sc(N(CCN3CCOCC3)C(=O)c3ccc4c(c3)OCCO4)nc12.Cl. The Morgan fingerprint density at radius 2 is 1.88 bits per heavy atom. The first-order valence-electron chi connectivity index (χ1n) is 10.6. The minimum atomic E-state index is -0.0815. The summed E-state index contributed by atoms with van der Waals surface area (Å²) in [6, 6.07) is 11.5. The molecule has 1 aromatic heterocycles. The molecule has 3 heterocycles. The molecule has 7 nitrogen and oxygen atoms in total. The Balaban J connectivity index is 0.00000245. The van der Waals surface area contributed by atoms with Crippen LogP contribution in [0.15, 0.2) is 36.4 Å². The maximum atomic E-state index is 13.6. The van der Waals surface area contributed by atoms with Gasteiger partial charge in [-0.2, -0.15) is 0 Å². The quantitative estimate of drug-likeness (QED) is 0.559. The van der Waals surface area contributed by atoms with Crippen LogP contribution < -0.4 is 14.4 Å². The monoisotopic (exact) mass is 475 g/mol. The third kappa shape index (κ3) is 4.68. The predicted molar refractivity (Wildman–Crippen MR) is 128 cm³/mol. The van der Waals surface area contributed by atoms with Crippen LogP contribution in [0.1, 0.15) is 15.9 Å². The molecule has 0 radical (unpaired) electrons. The maximum Gasteiger partial charge on any atom is 0.260 e. The number of aryl methyl sites for hydroxylation is 1. The first-order valence-corrected chi connectivity index (χ1v) is 11.4. The van der Waals surface area contributed by atoms with Gasteiger partial charge < -0.3 is 14.2 Å². The highest BCUT2D eigenvalue weighted by Crippen LogP contribution is 2.34. The minimum absolute atomic E-state index is 0. The van der Waals surface area contributed by atoms with E-state index in [0.29, 0.717) is 36.8 Å². The number of para-hydroxylation sites is 1. The van der Waals surface area contributed by atoms with Gasteiger partial charge in [-0.05, 0) is 36.8 Å². The summed E-state index contributed by atoms with van der Waals surface area (Å²) in [5, 5.41) is 0.720. The zero-order valence-electron chi connectivity index (χ0n) is 17.9. The number of nitrogens with zero attached hydrogens (tertiary/aromatic N) is 3. The van der Waals surface area contributed by atoms with Crippen LogP contribution in [0.3, 0.4) is 0 Å². The highest BCUT2D eigenvalue weighted by Gasteiger charge is 2.25. The number of thiazole rings is 1. The second-order valence-electron chi connectivity index (χ2n) is 7.69. The summed E-state index contributed by atoms with van der Waals surface area (Å²) in [6.07, 6.45) is 0. The molecule has 32 heavy (non-hydrogen) atoms. The van der Waals surface area contributed by atoms with Gasteiger partial charge in [0.05, 0.1) is 23.4 Å². The number of rotatable bonds is 5. The van der Waals surface area contributed by atoms with Crippen LogP contribution in [0.2, 0.25) is 0 Å². The van der Waals surface area contributed by atoms with E-state index in [4.69, 9.17) is 19.2 Å². The number of carbonyl (C=O) groups excluding carboxylic acids is 1. The molecule has 3 aromatic rings. The molecule has 0 spiro atoms. The van der Waals surface area contributed by atoms with E-state index in [1.807, 2.05) is 25.1 Å². The van der Waals surface area contributed by atoms with Crippen molar-refractivity contribution in [1.29, 1.82) is 0 Å². The van der Waals surface area contributed by atoms with E-state index in [2.05, 4.69) is 11.0 Å². The van der Waals surface area contributed by atoms with Crippen molar-refractivity contribution in [1.82, 2.24) is 9.88 Å². The lowest BCUT2D eigenvalue weighted by Gasteiger charge is -2.29. The molecule has 0 N–H and O–H groups in total. The number of fused-ring (bicyclic) bond motifs is 2. The smallest absolute Gasteiger partial charge is 0.260 e. The van der Waals surface area contributed by atoms with E-state index in [-0.39, 0.29) is 18.3 Å². The van der Waals surface area contributed by atoms with Gasteiger partial charge in [0.15, 0.2) is 16.6 Å². The number of carbonyl (C=O) groups is 1. The number of hydrogen-bond acceptors (Lipinski definition) is 7. The molecule has 2 aliphatic heterocycles. The van der Waals surface area contributed by atoms with Crippen molar-refractivity contribution < 1.29 is 19.0 Å². The zero-order valence-corrected chi connectivity index (χ0v) is 19.5. The first kappa shape index (κ1) is 22.8. The lowest BCUT2D eigenvalue weighted by atomic mass is 10.1. The highest BCUT2D eigenvalue weighted by molar-refractivity contribution is 7.22. The van der Waals surface area contributed by atoms with E-state index in [1.54, 1.807) is 28.4 Å². The summed E-state index contributed by atoms with van der Waals surface area (Å²) in [4.78, 5) is 22.6. The zero-order chi connectivity index (χ0) is 21.2. The van der Waals surface area contributed by atoms with Gasteiger partial charge in [0, 0.05) is 31.7 Å². The number of benzene rings is 2. The van der Waals surface area contributed by atoms with E-state index < -0.39 is 0 Å². The van der Waals surface area contributed by atoms with Crippen molar-refractivity contribution in [2.45, 2.75) is 6.92 Å². The van der Waals surface area contributed by atoms with Crippen LogP contribution in [-0.2, 0) is 4.74 Å². The number of anilines is 1. The molecule has 1 fully saturated rings. The van der Waals surface area contributed by atoms with Crippen LogP contribution >= 0.6 is 23.7 Å². The second-order valence-corrected chi connectivity index (χ2v) is 8.70. The number of halogens is 1. The third-order valence-corrected chi connectivity index (χ3v) is 6.66. The van der Waals surface area contributed by atoms with Crippen molar-refractivity contribution in [3.05, 3.63) is 47.5 Å². The molecule has 2 aliphatic rings. The van der Waals surface area contributed by atoms with Crippen LogP contribution in [-0.4, -0.2) is 68.4 Å². The molecular weight excluding hydrogens is 450 g/mol. The Hall–Kier alpha value is -2.39. The fourth-order valence-electron chi connectivity index (χ4n) is 3.87. The number of hydrogen-bond donors (Lipinski definition) is 0. The molecule has 0 aliphatic carbocycles. The molecule has 9 heteroatoms. The highest BCUT2D eigenvalue weighted by atomic mass is 35.5. The molecule has 1 saturated heterocycles. The molecule has 0 atom stereocenters. The van der Waals surface area contributed by atoms with E-state index >= 15 is 0 Å². The molecule has 0 bridgehead atoms. The lowest BCUT2D eigenvalue weighted by Crippen LogP contribution is -2.43. The fourth-order valence-corrected chi connectivity index (χ4v) is 4.94. The van der Waals surface area contributed by atoms with Crippen LogP contribution in [0.5, 0.6) is 11.5 Å². The molecule has 5 rings (SSSR count). The van der Waals surface area contributed by atoms with Crippen LogP contribution in [0.25, 0.3) is 10.2 Å². The largest absolute Gasteiger partial charge is 0.486 e. The van der Waals surface area contributed by atoms with Crippen molar-refractivity contribution >= 4 is 45.0 Å². The average Bonchev–Trinajstić information content (AvgIpc) is 3.25. The molecule has 0 saturated carbocycles. The van der Waals surface area contributed by atoms with E-state index in [0.717, 1.165) is 53.8 Å². The summed E-state index contributed by atoms with van der Waals surface area (Å²) in [5.41, 5.74) is 2.64. The molecule has 1 amide bonds. The molecular formula is C23H26ClN3O4S. The normalized spacial score (nSPS) is 15.9. The van der Waals surface area contributed by atoms with Gasteiger partial charge in [-0.1, -0.05) is 23.5 Å². The van der Waals surface area contributed by atoms with Gasteiger partial charge in [0.2, 0.25) is 0 Å². The summed E-state index contributed by atoms with van der Waals surface area (Å²) in [7, 11) is 0. The van der Waals surface area contributed by atoms with Crippen molar-refractivity contribution in [2.75, 3.05) is 57.5 Å². The van der Waals surface area contributed by atoms with Gasteiger partial charge in [0.25, 0.3) is 5.91 Å². The first-order chi connectivity index (χ1) is 15.2. The van der Waals surface area contributed by atoms with Gasteiger partial charge in [-0.3, -0.25) is 14.6 Å².